The van der Waals surface area contributed by atoms with Gasteiger partial charge in [-0.2, -0.15) is 0 Å². The van der Waals surface area contributed by atoms with Crippen molar-refractivity contribution >= 4 is 0 Å². The van der Waals surface area contributed by atoms with Gasteiger partial charge >= 0.3 is 0 Å². The molecule has 1 N–H and O–H groups in total. The zero-order valence-electron chi connectivity index (χ0n) is 18.0. The van der Waals surface area contributed by atoms with E-state index in [1.807, 2.05) is 0 Å². The number of hydrogen-bond donors (Lipinski definition) is 1. The molecule has 0 aliphatic rings. The maximum Gasteiger partial charge on any atom is 0.0148 e. The Balaban J connectivity index is 1.62. The monoisotopic (exact) mass is 379 g/mol. The Hall–Kier alpha value is -1.60. The van der Waals surface area contributed by atoms with Crippen molar-refractivity contribution in [2.45, 2.75) is 90.0 Å². The van der Waals surface area contributed by atoms with Crippen molar-refractivity contribution in [1.29, 1.82) is 0 Å². The molecule has 0 fully saturated rings. The Labute approximate surface area is 174 Å². The van der Waals surface area contributed by atoms with Gasteiger partial charge in [-0.05, 0) is 36.9 Å². The molecule has 0 saturated heterocycles. The van der Waals surface area contributed by atoms with Crippen LogP contribution in [0.2, 0.25) is 0 Å². The van der Waals surface area contributed by atoms with Gasteiger partial charge in [0.2, 0.25) is 0 Å². The minimum absolute atomic E-state index is 0.517. The molecule has 2 aromatic rings. The van der Waals surface area contributed by atoms with Gasteiger partial charge in [-0.3, -0.25) is 0 Å². The van der Waals surface area contributed by atoms with E-state index in [1.54, 1.807) is 0 Å². The van der Waals surface area contributed by atoms with Crippen molar-refractivity contribution in [1.82, 2.24) is 5.32 Å². The molecule has 0 aliphatic heterocycles. The number of benzene rings is 2. The Bertz CT molecular complexity index is 536. The number of unbranched alkanes of at least 4 members (excludes halogenated alkanes) is 9. The van der Waals surface area contributed by atoms with E-state index in [-0.39, 0.29) is 0 Å². The molecule has 0 saturated carbocycles. The summed E-state index contributed by atoms with van der Waals surface area (Å²) in [6, 6.07) is 22.3. The van der Waals surface area contributed by atoms with Gasteiger partial charge in [0.1, 0.15) is 0 Å². The molecule has 0 spiro atoms. The third kappa shape index (κ3) is 10.7. The molecule has 0 aliphatic carbocycles. The van der Waals surface area contributed by atoms with Crippen LogP contribution in [0.4, 0.5) is 0 Å². The molecule has 0 unspecified atom stereocenters. The fourth-order valence-corrected chi connectivity index (χ4v) is 3.93. The minimum atomic E-state index is 0.517. The highest BCUT2D eigenvalue weighted by molar-refractivity contribution is 5.19. The average molecular weight is 380 g/mol. The molecule has 0 bridgehead atoms. The standard InChI is InChI=1S/C27H41N/c1-2-3-4-5-6-7-8-9-10-17-22-28-27(23-25-18-13-11-14-19-25)24-26-20-15-12-16-21-26/h11-16,18-21,27-28H,2-10,17,22-24H2,1H3. The summed E-state index contributed by atoms with van der Waals surface area (Å²) in [6.45, 7) is 3.43. The molecule has 0 aromatic heterocycles. The molecule has 2 rings (SSSR count). The van der Waals surface area contributed by atoms with E-state index in [0.29, 0.717) is 6.04 Å². The van der Waals surface area contributed by atoms with E-state index < -0.39 is 0 Å². The van der Waals surface area contributed by atoms with Crippen LogP contribution in [0, 0.1) is 0 Å². The van der Waals surface area contributed by atoms with Gasteiger partial charge in [-0.15, -0.1) is 0 Å². The third-order valence-corrected chi connectivity index (χ3v) is 5.61. The van der Waals surface area contributed by atoms with Gasteiger partial charge in [0, 0.05) is 6.04 Å². The first kappa shape index (κ1) is 22.7. The van der Waals surface area contributed by atoms with Crippen LogP contribution in [0.3, 0.4) is 0 Å². The summed E-state index contributed by atoms with van der Waals surface area (Å²) in [5.74, 6) is 0. The summed E-state index contributed by atoms with van der Waals surface area (Å²) < 4.78 is 0. The van der Waals surface area contributed by atoms with Crippen LogP contribution < -0.4 is 5.32 Å². The quantitative estimate of drug-likeness (QED) is 0.301. The second kappa shape index (κ2) is 15.3. The molecule has 1 nitrogen and oxygen atoms in total. The molecular formula is C27H41N. The van der Waals surface area contributed by atoms with Crippen LogP contribution in [-0.4, -0.2) is 12.6 Å². The third-order valence-electron chi connectivity index (χ3n) is 5.61. The Kier molecular flexibility index (Phi) is 12.4. The molecule has 1 heteroatoms. The lowest BCUT2D eigenvalue weighted by molar-refractivity contribution is 0.481. The van der Waals surface area contributed by atoms with Crippen molar-refractivity contribution in [3.8, 4) is 0 Å². The first-order valence-corrected chi connectivity index (χ1v) is 11.7. The zero-order valence-corrected chi connectivity index (χ0v) is 18.0. The summed E-state index contributed by atoms with van der Waals surface area (Å²) in [6.07, 6.45) is 16.2. The van der Waals surface area contributed by atoms with Crippen LogP contribution in [-0.2, 0) is 12.8 Å². The average Bonchev–Trinajstić information content (AvgIpc) is 2.73. The molecule has 0 heterocycles. The Morgan fingerprint density at radius 3 is 1.46 bits per heavy atom. The fourth-order valence-electron chi connectivity index (χ4n) is 3.93. The lowest BCUT2D eigenvalue weighted by Crippen LogP contribution is -2.34. The van der Waals surface area contributed by atoms with E-state index in [2.05, 4.69) is 72.9 Å². The van der Waals surface area contributed by atoms with Crippen LogP contribution in [0.1, 0.15) is 82.3 Å². The lowest BCUT2D eigenvalue weighted by atomic mass is 9.98. The van der Waals surface area contributed by atoms with Crippen LogP contribution in [0.5, 0.6) is 0 Å². The van der Waals surface area contributed by atoms with Gasteiger partial charge in [0.25, 0.3) is 0 Å². The highest BCUT2D eigenvalue weighted by atomic mass is 14.9. The first-order chi connectivity index (χ1) is 13.9. The van der Waals surface area contributed by atoms with E-state index >= 15 is 0 Å². The number of rotatable bonds is 16. The van der Waals surface area contributed by atoms with E-state index in [1.165, 1.54) is 75.3 Å². The summed E-state index contributed by atoms with van der Waals surface area (Å²) in [5.41, 5.74) is 2.86. The van der Waals surface area contributed by atoms with Crippen molar-refractivity contribution in [2.75, 3.05) is 6.54 Å². The number of hydrogen-bond acceptors (Lipinski definition) is 1. The minimum Gasteiger partial charge on any atom is -0.313 e. The maximum atomic E-state index is 3.84. The van der Waals surface area contributed by atoms with Gasteiger partial charge in [0.05, 0.1) is 0 Å². The Morgan fingerprint density at radius 1 is 0.571 bits per heavy atom. The van der Waals surface area contributed by atoms with E-state index in [9.17, 15) is 0 Å². The van der Waals surface area contributed by atoms with Crippen molar-refractivity contribution < 1.29 is 0 Å². The zero-order chi connectivity index (χ0) is 19.7. The molecule has 28 heavy (non-hydrogen) atoms. The summed E-state index contributed by atoms with van der Waals surface area (Å²) in [4.78, 5) is 0. The second-order valence-electron chi connectivity index (χ2n) is 8.21. The predicted octanol–water partition coefficient (Wildman–Crippen LogP) is 7.35. The molecule has 0 radical (unpaired) electrons. The van der Waals surface area contributed by atoms with E-state index in [4.69, 9.17) is 0 Å². The molecule has 0 amide bonds. The second-order valence-corrected chi connectivity index (χ2v) is 8.21. The van der Waals surface area contributed by atoms with Crippen LogP contribution in [0.15, 0.2) is 60.7 Å². The highest BCUT2D eigenvalue weighted by Crippen LogP contribution is 2.12. The maximum absolute atomic E-state index is 3.84. The van der Waals surface area contributed by atoms with Gasteiger partial charge in [-0.25, -0.2) is 0 Å². The molecule has 2 aromatic carbocycles. The van der Waals surface area contributed by atoms with Crippen molar-refractivity contribution in [2.24, 2.45) is 0 Å². The van der Waals surface area contributed by atoms with Crippen molar-refractivity contribution in [3.63, 3.8) is 0 Å². The summed E-state index contributed by atoms with van der Waals surface area (Å²) in [7, 11) is 0. The Morgan fingerprint density at radius 2 is 1.00 bits per heavy atom. The summed E-state index contributed by atoms with van der Waals surface area (Å²) in [5, 5.41) is 3.84. The highest BCUT2D eigenvalue weighted by Gasteiger charge is 2.10. The normalized spacial score (nSPS) is 11.2. The molecule has 154 valence electrons. The molecular weight excluding hydrogens is 338 g/mol. The molecule has 0 atom stereocenters. The SMILES string of the molecule is CCCCCCCCCCCCNC(Cc1ccccc1)Cc1ccccc1. The largest absolute Gasteiger partial charge is 0.313 e. The predicted molar refractivity (Wildman–Crippen MR) is 124 cm³/mol. The van der Waals surface area contributed by atoms with E-state index in [0.717, 1.165) is 19.4 Å². The van der Waals surface area contributed by atoms with Gasteiger partial charge < -0.3 is 5.32 Å². The van der Waals surface area contributed by atoms with Crippen LogP contribution in [0.25, 0.3) is 0 Å². The smallest absolute Gasteiger partial charge is 0.0148 e. The van der Waals surface area contributed by atoms with Gasteiger partial charge in [-0.1, -0.05) is 125 Å². The summed E-state index contributed by atoms with van der Waals surface area (Å²) >= 11 is 0. The van der Waals surface area contributed by atoms with Crippen molar-refractivity contribution in [3.05, 3.63) is 71.8 Å². The fraction of sp³-hybridized carbons (Fsp3) is 0.556. The first-order valence-electron chi connectivity index (χ1n) is 11.7. The number of nitrogens with one attached hydrogen (secondary N) is 1. The van der Waals surface area contributed by atoms with Gasteiger partial charge in [0.15, 0.2) is 0 Å². The van der Waals surface area contributed by atoms with Crippen LogP contribution >= 0.6 is 0 Å². The topological polar surface area (TPSA) is 12.0 Å². The lowest BCUT2D eigenvalue weighted by Gasteiger charge is -2.19.